The van der Waals surface area contributed by atoms with Crippen LogP contribution in [0.25, 0.3) is 22.6 Å². The zero-order valence-corrected chi connectivity index (χ0v) is 16.1. The van der Waals surface area contributed by atoms with Gasteiger partial charge in [-0.05, 0) is 31.5 Å². The predicted octanol–water partition coefficient (Wildman–Crippen LogP) is 3.74. The summed E-state index contributed by atoms with van der Waals surface area (Å²) in [5, 5.41) is 6.83. The third-order valence-electron chi connectivity index (χ3n) is 4.38. The lowest BCUT2D eigenvalue weighted by Gasteiger charge is -2.09. The van der Waals surface area contributed by atoms with Gasteiger partial charge in [0, 0.05) is 30.6 Å². The molecule has 0 aliphatic rings. The standard InChI is InChI=1S/C22H19N5O2/c1-14-11-20(29-27-14)18-13-24-15(2)26-21(18)17-8-6-16(7-9-17)12-25-22(28)19-5-3-4-10-23-19/h3-11,13H,12H2,1-2H3,(H,25,28). The van der Waals surface area contributed by atoms with E-state index in [0.29, 0.717) is 23.8 Å². The molecule has 144 valence electrons. The number of rotatable bonds is 5. The molecule has 4 aromatic rings. The Morgan fingerprint density at radius 3 is 2.59 bits per heavy atom. The van der Waals surface area contributed by atoms with Gasteiger partial charge in [-0.2, -0.15) is 0 Å². The van der Waals surface area contributed by atoms with E-state index in [1.54, 1.807) is 30.6 Å². The molecule has 7 nitrogen and oxygen atoms in total. The van der Waals surface area contributed by atoms with Crippen molar-refractivity contribution in [3.8, 4) is 22.6 Å². The van der Waals surface area contributed by atoms with Crippen LogP contribution >= 0.6 is 0 Å². The predicted molar refractivity (Wildman–Crippen MR) is 108 cm³/mol. The number of carbonyl (C=O) groups is 1. The Hall–Kier alpha value is -3.87. The van der Waals surface area contributed by atoms with Crippen molar-refractivity contribution in [3.05, 3.63) is 83.7 Å². The summed E-state index contributed by atoms with van der Waals surface area (Å²) in [5.41, 5.74) is 4.66. The van der Waals surface area contributed by atoms with Gasteiger partial charge in [0.25, 0.3) is 5.91 Å². The van der Waals surface area contributed by atoms with Gasteiger partial charge in [-0.25, -0.2) is 9.97 Å². The first-order valence-corrected chi connectivity index (χ1v) is 9.16. The summed E-state index contributed by atoms with van der Waals surface area (Å²) in [6.07, 6.45) is 3.35. The van der Waals surface area contributed by atoms with Gasteiger partial charge in [0.1, 0.15) is 11.5 Å². The molecule has 7 heteroatoms. The van der Waals surface area contributed by atoms with E-state index in [9.17, 15) is 4.79 Å². The lowest BCUT2D eigenvalue weighted by atomic mass is 10.0. The number of hydrogen-bond acceptors (Lipinski definition) is 6. The van der Waals surface area contributed by atoms with Gasteiger partial charge in [-0.1, -0.05) is 35.5 Å². The van der Waals surface area contributed by atoms with Gasteiger partial charge in [-0.3, -0.25) is 9.78 Å². The molecule has 0 unspecified atom stereocenters. The molecule has 0 saturated carbocycles. The molecule has 3 aromatic heterocycles. The summed E-state index contributed by atoms with van der Waals surface area (Å²) in [7, 11) is 0. The first kappa shape index (κ1) is 18.5. The molecular formula is C22H19N5O2. The monoisotopic (exact) mass is 385 g/mol. The quantitative estimate of drug-likeness (QED) is 0.562. The van der Waals surface area contributed by atoms with Gasteiger partial charge < -0.3 is 9.84 Å². The fourth-order valence-corrected chi connectivity index (χ4v) is 2.91. The Balaban J connectivity index is 1.54. The number of carbonyl (C=O) groups excluding carboxylic acids is 1. The molecule has 0 atom stereocenters. The van der Waals surface area contributed by atoms with Gasteiger partial charge in [-0.15, -0.1) is 0 Å². The SMILES string of the molecule is Cc1cc(-c2cnc(C)nc2-c2ccc(CNC(=O)c3ccccn3)cc2)on1. The Labute approximate surface area is 167 Å². The van der Waals surface area contributed by atoms with E-state index in [0.717, 1.165) is 28.1 Å². The van der Waals surface area contributed by atoms with Crippen molar-refractivity contribution in [1.29, 1.82) is 0 Å². The second-order valence-electron chi connectivity index (χ2n) is 6.61. The fraction of sp³-hybridized carbons (Fsp3) is 0.136. The van der Waals surface area contributed by atoms with Crippen LogP contribution in [0.1, 0.15) is 27.6 Å². The maximum Gasteiger partial charge on any atom is 0.270 e. The van der Waals surface area contributed by atoms with E-state index >= 15 is 0 Å². The zero-order chi connectivity index (χ0) is 20.2. The third kappa shape index (κ3) is 4.19. The Morgan fingerprint density at radius 2 is 1.90 bits per heavy atom. The van der Waals surface area contributed by atoms with E-state index in [1.807, 2.05) is 44.2 Å². The summed E-state index contributed by atoms with van der Waals surface area (Å²) in [6, 6.07) is 15.0. The second kappa shape index (κ2) is 8.02. The van der Waals surface area contributed by atoms with Crippen LogP contribution in [0.2, 0.25) is 0 Å². The molecule has 0 fully saturated rings. The van der Waals surface area contributed by atoms with Crippen molar-refractivity contribution < 1.29 is 9.32 Å². The van der Waals surface area contributed by atoms with Gasteiger partial charge >= 0.3 is 0 Å². The molecule has 0 aliphatic carbocycles. The van der Waals surface area contributed by atoms with Crippen molar-refractivity contribution in [3.63, 3.8) is 0 Å². The van der Waals surface area contributed by atoms with Crippen LogP contribution in [0.3, 0.4) is 0 Å². The van der Waals surface area contributed by atoms with Crippen molar-refractivity contribution in [2.75, 3.05) is 0 Å². The summed E-state index contributed by atoms with van der Waals surface area (Å²) in [4.78, 5) is 25.1. The lowest BCUT2D eigenvalue weighted by molar-refractivity contribution is 0.0946. The van der Waals surface area contributed by atoms with Crippen molar-refractivity contribution >= 4 is 5.91 Å². The van der Waals surface area contributed by atoms with Crippen LogP contribution in [-0.2, 0) is 6.54 Å². The Bertz CT molecular complexity index is 1140. The summed E-state index contributed by atoms with van der Waals surface area (Å²) >= 11 is 0. The molecule has 4 rings (SSSR count). The number of hydrogen-bond donors (Lipinski definition) is 1. The average molecular weight is 385 g/mol. The second-order valence-corrected chi connectivity index (χ2v) is 6.61. The van der Waals surface area contributed by atoms with E-state index in [2.05, 4.69) is 25.4 Å². The fourth-order valence-electron chi connectivity index (χ4n) is 2.91. The summed E-state index contributed by atoms with van der Waals surface area (Å²) in [5.74, 6) is 1.10. The molecule has 29 heavy (non-hydrogen) atoms. The minimum Gasteiger partial charge on any atom is -0.356 e. The molecule has 3 heterocycles. The normalized spacial score (nSPS) is 10.7. The van der Waals surface area contributed by atoms with Crippen LogP contribution in [0.15, 0.2) is 65.4 Å². The topological polar surface area (TPSA) is 93.8 Å². The van der Waals surface area contributed by atoms with Crippen LogP contribution < -0.4 is 5.32 Å². The molecule has 1 aromatic carbocycles. The van der Waals surface area contributed by atoms with E-state index < -0.39 is 0 Å². The van der Waals surface area contributed by atoms with Crippen LogP contribution in [-0.4, -0.2) is 26.0 Å². The van der Waals surface area contributed by atoms with Gasteiger partial charge in [0.15, 0.2) is 5.76 Å². The number of pyridine rings is 1. The highest BCUT2D eigenvalue weighted by Crippen LogP contribution is 2.30. The molecule has 1 amide bonds. The number of benzene rings is 1. The highest BCUT2D eigenvalue weighted by Gasteiger charge is 2.14. The van der Waals surface area contributed by atoms with Gasteiger partial charge in [0.2, 0.25) is 0 Å². The Kier molecular flexibility index (Phi) is 5.11. The average Bonchev–Trinajstić information content (AvgIpc) is 3.19. The largest absolute Gasteiger partial charge is 0.356 e. The zero-order valence-electron chi connectivity index (χ0n) is 16.1. The smallest absolute Gasteiger partial charge is 0.270 e. The Morgan fingerprint density at radius 1 is 1.07 bits per heavy atom. The van der Waals surface area contributed by atoms with Crippen molar-refractivity contribution in [1.82, 2.24) is 25.4 Å². The van der Waals surface area contributed by atoms with Crippen molar-refractivity contribution in [2.24, 2.45) is 0 Å². The minimum atomic E-state index is -0.205. The summed E-state index contributed by atoms with van der Waals surface area (Å²) in [6.45, 7) is 4.13. The minimum absolute atomic E-state index is 0.205. The number of nitrogens with zero attached hydrogens (tertiary/aromatic N) is 4. The molecule has 0 radical (unpaired) electrons. The number of aryl methyl sites for hydroxylation is 2. The highest BCUT2D eigenvalue weighted by molar-refractivity contribution is 5.92. The van der Waals surface area contributed by atoms with Crippen molar-refractivity contribution in [2.45, 2.75) is 20.4 Å². The number of aromatic nitrogens is 4. The van der Waals surface area contributed by atoms with Crippen LogP contribution in [0.5, 0.6) is 0 Å². The van der Waals surface area contributed by atoms with Gasteiger partial charge in [0.05, 0.1) is 17.0 Å². The first-order valence-electron chi connectivity index (χ1n) is 9.16. The van der Waals surface area contributed by atoms with Crippen LogP contribution in [0.4, 0.5) is 0 Å². The highest BCUT2D eigenvalue weighted by atomic mass is 16.5. The molecular weight excluding hydrogens is 366 g/mol. The molecule has 0 spiro atoms. The molecule has 0 bridgehead atoms. The maximum atomic E-state index is 12.1. The lowest BCUT2D eigenvalue weighted by Crippen LogP contribution is -2.23. The van der Waals surface area contributed by atoms with E-state index in [4.69, 9.17) is 4.52 Å². The van der Waals surface area contributed by atoms with E-state index in [-0.39, 0.29) is 5.91 Å². The number of amides is 1. The van der Waals surface area contributed by atoms with E-state index in [1.165, 1.54) is 0 Å². The summed E-state index contributed by atoms with van der Waals surface area (Å²) < 4.78 is 5.40. The maximum absolute atomic E-state index is 12.1. The first-order chi connectivity index (χ1) is 14.1. The molecule has 0 aliphatic heterocycles. The molecule has 1 N–H and O–H groups in total. The van der Waals surface area contributed by atoms with Crippen LogP contribution in [0, 0.1) is 13.8 Å². The molecule has 0 saturated heterocycles. The number of nitrogens with one attached hydrogen (secondary N) is 1. The third-order valence-corrected chi connectivity index (χ3v) is 4.38.